The van der Waals surface area contributed by atoms with Crippen molar-refractivity contribution in [1.29, 1.82) is 0 Å². The fourth-order valence-electron chi connectivity index (χ4n) is 1.72. The van der Waals surface area contributed by atoms with Gasteiger partial charge in [-0.2, -0.15) is 0 Å². The SMILES string of the molecule is Cc1c(N)cc(Cl)cc1S(=O)(=O)Nc1cccc(F)c1. The Kier molecular flexibility index (Phi) is 3.87. The standard InChI is InChI=1S/C13H12ClFN2O2S/c1-8-12(16)5-9(14)6-13(8)20(18,19)17-11-4-2-3-10(15)7-11/h2-7,17H,16H2,1H3. The summed E-state index contributed by atoms with van der Waals surface area (Å²) < 4.78 is 39.9. The molecule has 106 valence electrons. The average Bonchev–Trinajstić information content (AvgIpc) is 2.33. The molecule has 0 aliphatic heterocycles. The van der Waals surface area contributed by atoms with E-state index in [4.69, 9.17) is 17.3 Å². The van der Waals surface area contributed by atoms with Crippen LogP contribution >= 0.6 is 11.6 Å². The monoisotopic (exact) mass is 314 g/mol. The van der Waals surface area contributed by atoms with Crippen LogP contribution in [0, 0.1) is 12.7 Å². The molecule has 7 heteroatoms. The van der Waals surface area contributed by atoms with E-state index in [-0.39, 0.29) is 21.3 Å². The first-order chi connectivity index (χ1) is 9.29. The highest BCUT2D eigenvalue weighted by Crippen LogP contribution is 2.27. The average molecular weight is 315 g/mol. The zero-order valence-electron chi connectivity index (χ0n) is 10.5. The Morgan fingerprint density at radius 3 is 2.60 bits per heavy atom. The first-order valence-electron chi connectivity index (χ1n) is 5.63. The number of nitrogens with two attached hydrogens (primary N) is 1. The zero-order valence-corrected chi connectivity index (χ0v) is 12.1. The van der Waals surface area contributed by atoms with E-state index < -0.39 is 15.8 Å². The highest BCUT2D eigenvalue weighted by atomic mass is 35.5. The third-order valence-electron chi connectivity index (χ3n) is 2.73. The van der Waals surface area contributed by atoms with Crippen LogP contribution in [0.5, 0.6) is 0 Å². The lowest BCUT2D eigenvalue weighted by Gasteiger charge is -2.12. The Balaban J connectivity index is 2.46. The normalized spacial score (nSPS) is 11.3. The molecular formula is C13H12ClFN2O2S. The molecule has 2 aromatic carbocycles. The molecule has 2 rings (SSSR count). The number of sulfonamides is 1. The fraction of sp³-hybridized carbons (Fsp3) is 0.0769. The topological polar surface area (TPSA) is 72.2 Å². The van der Waals surface area contributed by atoms with Gasteiger partial charge in [0.2, 0.25) is 0 Å². The van der Waals surface area contributed by atoms with Crippen LogP contribution in [-0.2, 0) is 10.0 Å². The lowest BCUT2D eigenvalue weighted by atomic mass is 10.2. The number of rotatable bonds is 3. The van der Waals surface area contributed by atoms with Crippen molar-refractivity contribution in [3.63, 3.8) is 0 Å². The quantitative estimate of drug-likeness (QED) is 0.855. The molecule has 0 amide bonds. The highest BCUT2D eigenvalue weighted by molar-refractivity contribution is 7.92. The summed E-state index contributed by atoms with van der Waals surface area (Å²) in [6.45, 7) is 1.58. The van der Waals surface area contributed by atoms with E-state index in [0.717, 1.165) is 6.07 Å². The van der Waals surface area contributed by atoms with Gasteiger partial charge in [-0.3, -0.25) is 4.72 Å². The zero-order chi connectivity index (χ0) is 14.9. The van der Waals surface area contributed by atoms with Gasteiger partial charge in [0.15, 0.2) is 0 Å². The van der Waals surface area contributed by atoms with Crippen molar-refractivity contribution in [2.75, 3.05) is 10.5 Å². The molecule has 20 heavy (non-hydrogen) atoms. The fourth-order valence-corrected chi connectivity index (χ4v) is 3.36. The first-order valence-corrected chi connectivity index (χ1v) is 7.50. The van der Waals surface area contributed by atoms with Crippen molar-refractivity contribution in [3.8, 4) is 0 Å². The van der Waals surface area contributed by atoms with Crippen molar-refractivity contribution in [2.45, 2.75) is 11.8 Å². The second-order valence-corrected chi connectivity index (χ2v) is 6.32. The maximum absolute atomic E-state index is 13.1. The smallest absolute Gasteiger partial charge is 0.262 e. The molecule has 0 fully saturated rings. The minimum Gasteiger partial charge on any atom is -0.398 e. The summed E-state index contributed by atoms with van der Waals surface area (Å²) in [5.74, 6) is -0.535. The molecule has 2 aromatic rings. The number of anilines is 2. The molecular weight excluding hydrogens is 303 g/mol. The Morgan fingerprint density at radius 1 is 1.25 bits per heavy atom. The summed E-state index contributed by atoms with van der Waals surface area (Å²) in [6, 6.07) is 7.93. The minimum atomic E-state index is -3.89. The van der Waals surface area contributed by atoms with Crippen LogP contribution in [0.3, 0.4) is 0 Å². The van der Waals surface area contributed by atoms with Crippen LogP contribution in [-0.4, -0.2) is 8.42 Å². The summed E-state index contributed by atoms with van der Waals surface area (Å²) in [7, 11) is -3.89. The Hall–Kier alpha value is -1.79. The third kappa shape index (κ3) is 3.02. The van der Waals surface area contributed by atoms with Gasteiger partial charge in [0.25, 0.3) is 10.0 Å². The van der Waals surface area contributed by atoms with E-state index in [1.165, 1.54) is 30.3 Å². The number of hydrogen-bond donors (Lipinski definition) is 2. The maximum atomic E-state index is 13.1. The van der Waals surface area contributed by atoms with Gasteiger partial charge in [-0.25, -0.2) is 12.8 Å². The molecule has 0 saturated carbocycles. The van der Waals surface area contributed by atoms with E-state index in [1.807, 2.05) is 0 Å². The molecule has 0 saturated heterocycles. The van der Waals surface area contributed by atoms with Crippen molar-refractivity contribution in [1.82, 2.24) is 0 Å². The molecule has 0 atom stereocenters. The minimum absolute atomic E-state index is 0.0354. The van der Waals surface area contributed by atoms with Crippen LogP contribution in [0.2, 0.25) is 5.02 Å². The van der Waals surface area contributed by atoms with Crippen molar-refractivity contribution in [2.24, 2.45) is 0 Å². The number of hydrogen-bond acceptors (Lipinski definition) is 3. The van der Waals surface area contributed by atoms with E-state index in [9.17, 15) is 12.8 Å². The third-order valence-corrected chi connectivity index (χ3v) is 4.46. The summed E-state index contributed by atoms with van der Waals surface area (Å²) in [5.41, 5.74) is 6.49. The number of nitrogen functional groups attached to an aromatic ring is 1. The van der Waals surface area contributed by atoms with E-state index in [2.05, 4.69) is 4.72 Å². The number of nitrogens with one attached hydrogen (secondary N) is 1. The molecule has 0 aliphatic carbocycles. The predicted molar refractivity (Wildman–Crippen MR) is 77.8 cm³/mol. The highest BCUT2D eigenvalue weighted by Gasteiger charge is 2.19. The second-order valence-electron chi connectivity index (χ2n) is 4.23. The predicted octanol–water partition coefficient (Wildman–Crippen LogP) is 3.17. The van der Waals surface area contributed by atoms with Gasteiger partial charge in [0.05, 0.1) is 10.6 Å². The summed E-state index contributed by atoms with van der Waals surface area (Å²) in [5, 5.41) is 0.215. The molecule has 0 spiro atoms. The van der Waals surface area contributed by atoms with Gasteiger partial charge < -0.3 is 5.73 Å². The number of benzene rings is 2. The van der Waals surface area contributed by atoms with E-state index in [0.29, 0.717) is 5.56 Å². The van der Waals surface area contributed by atoms with Crippen molar-refractivity contribution < 1.29 is 12.8 Å². The largest absolute Gasteiger partial charge is 0.398 e. The molecule has 0 unspecified atom stereocenters. The maximum Gasteiger partial charge on any atom is 0.262 e. The molecule has 0 bridgehead atoms. The van der Waals surface area contributed by atoms with Crippen molar-refractivity contribution >= 4 is 33.0 Å². The number of halogens is 2. The molecule has 0 radical (unpaired) electrons. The summed E-state index contributed by atoms with van der Waals surface area (Å²) in [6.07, 6.45) is 0. The van der Waals surface area contributed by atoms with Crippen LogP contribution in [0.4, 0.5) is 15.8 Å². The molecule has 3 N–H and O–H groups in total. The lowest BCUT2D eigenvalue weighted by Crippen LogP contribution is -2.15. The van der Waals surface area contributed by atoms with Gasteiger partial charge >= 0.3 is 0 Å². The summed E-state index contributed by atoms with van der Waals surface area (Å²) in [4.78, 5) is -0.0354. The van der Waals surface area contributed by atoms with E-state index in [1.54, 1.807) is 6.92 Å². The Bertz CT molecular complexity index is 763. The lowest BCUT2D eigenvalue weighted by molar-refractivity contribution is 0.600. The molecule has 0 aliphatic rings. The first kappa shape index (κ1) is 14.6. The van der Waals surface area contributed by atoms with Gasteiger partial charge in [0.1, 0.15) is 5.82 Å². The summed E-state index contributed by atoms with van der Waals surface area (Å²) >= 11 is 5.82. The van der Waals surface area contributed by atoms with E-state index >= 15 is 0 Å². The van der Waals surface area contributed by atoms with Gasteiger partial charge in [-0.1, -0.05) is 17.7 Å². The second kappa shape index (κ2) is 5.30. The van der Waals surface area contributed by atoms with Crippen LogP contribution < -0.4 is 10.5 Å². The van der Waals surface area contributed by atoms with Crippen LogP contribution in [0.1, 0.15) is 5.56 Å². The van der Waals surface area contributed by atoms with Crippen LogP contribution in [0.15, 0.2) is 41.3 Å². The Labute approximate surface area is 121 Å². The van der Waals surface area contributed by atoms with Crippen LogP contribution in [0.25, 0.3) is 0 Å². The van der Waals surface area contributed by atoms with Crippen molar-refractivity contribution in [3.05, 3.63) is 52.8 Å². The molecule has 0 heterocycles. The van der Waals surface area contributed by atoms with Gasteiger partial charge in [0, 0.05) is 10.7 Å². The molecule has 4 nitrogen and oxygen atoms in total. The van der Waals surface area contributed by atoms with Gasteiger partial charge in [-0.05, 0) is 42.8 Å². The van der Waals surface area contributed by atoms with Gasteiger partial charge in [-0.15, -0.1) is 0 Å². The Morgan fingerprint density at radius 2 is 1.95 bits per heavy atom. The molecule has 0 aromatic heterocycles.